The summed E-state index contributed by atoms with van der Waals surface area (Å²) >= 11 is 6.97. The molecule has 0 unspecified atom stereocenters. The third kappa shape index (κ3) is 3.19. The molecule has 0 radical (unpaired) electrons. The van der Waals surface area contributed by atoms with Crippen LogP contribution in [0.15, 0.2) is 27.3 Å². The minimum atomic E-state index is -0.644. The minimum absolute atomic E-state index is 0.344. The molecule has 0 fully saturated rings. The summed E-state index contributed by atoms with van der Waals surface area (Å²) in [5.74, 6) is -0.370. The Hall–Kier alpha value is -0.850. The van der Waals surface area contributed by atoms with E-state index < -0.39 is 6.04 Å². The number of carbonyl (C=O) groups is 1. The monoisotopic (exact) mass is 388 g/mol. The maximum atomic E-state index is 11.6. The zero-order chi connectivity index (χ0) is 14.0. The van der Waals surface area contributed by atoms with Crippen molar-refractivity contribution < 1.29 is 9.53 Å². The van der Waals surface area contributed by atoms with Gasteiger partial charge >= 0.3 is 5.97 Å². The molecule has 2 rings (SSSR count). The second-order valence-electron chi connectivity index (χ2n) is 4.19. The number of carbonyl (C=O) groups excluding carboxylic acids is 1. The summed E-state index contributed by atoms with van der Waals surface area (Å²) in [5.41, 5.74) is 7.84. The van der Waals surface area contributed by atoms with Gasteiger partial charge in [-0.15, -0.1) is 0 Å². The maximum absolute atomic E-state index is 11.6. The zero-order valence-electron chi connectivity index (χ0n) is 10.4. The van der Waals surface area contributed by atoms with E-state index in [2.05, 4.69) is 36.8 Å². The number of aromatic nitrogens is 1. The highest BCUT2D eigenvalue weighted by Crippen LogP contribution is 2.31. The number of nitrogens with two attached hydrogens (primary N) is 1. The van der Waals surface area contributed by atoms with E-state index in [1.807, 2.05) is 18.3 Å². The van der Waals surface area contributed by atoms with Crippen LogP contribution >= 0.6 is 31.9 Å². The number of hydrogen-bond donors (Lipinski definition) is 2. The largest absolute Gasteiger partial charge is 0.465 e. The Balaban J connectivity index is 2.29. The van der Waals surface area contributed by atoms with Gasteiger partial charge in [0.05, 0.1) is 6.61 Å². The molecule has 0 aliphatic carbocycles. The lowest BCUT2D eigenvalue weighted by Gasteiger charge is -2.10. The summed E-state index contributed by atoms with van der Waals surface area (Å²) in [7, 11) is 0. The number of fused-ring (bicyclic) bond motifs is 1. The van der Waals surface area contributed by atoms with Crippen LogP contribution in [0.4, 0.5) is 0 Å². The fourth-order valence-electron chi connectivity index (χ4n) is 1.98. The van der Waals surface area contributed by atoms with Gasteiger partial charge in [-0.2, -0.15) is 0 Å². The first-order valence-electron chi connectivity index (χ1n) is 5.90. The number of aromatic amines is 1. The summed E-state index contributed by atoms with van der Waals surface area (Å²) in [6.45, 7) is 2.11. The molecule has 0 bridgehead atoms. The predicted octanol–water partition coefficient (Wildman–Crippen LogP) is 3.13. The molecule has 0 aliphatic rings. The number of halogens is 2. The molecule has 1 heterocycles. The van der Waals surface area contributed by atoms with Crippen LogP contribution in [-0.4, -0.2) is 23.6 Å². The Morgan fingerprint density at radius 2 is 2.21 bits per heavy atom. The lowest BCUT2D eigenvalue weighted by atomic mass is 10.1. The van der Waals surface area contributed by atoms with Gasteiger partial charge in [0.15, 0.2) is 0 Å². The van der Waals surface area contributed by atoms with Gasteiger partial charge in [-0.1, -0.05) is 31.9 Å². The van der Waals surface area contributed by atoms with Crippen molar-refractivity contribution in [2.24, 2.45) is 5.73 Å². The SMILES string of the molecule is CCOC(=O)[C@@H](N)Cc1c[nH]c2cc(Br)cc(Br)c12. The van der Waals surface area contributed by atoms with Crippen molar-refractivity contribution in [1.29, 1.82) is 0 Å². The molecule has 0 amide bonds. The van der Waals surface area contributed by atoms with Gasteiger partial charge in [0.2, 0.25) is 0 Å². The second kappa shape index (κ2) is 6.07. The molecule has 0 spiro atoms. The van der Waals surface area contributed by atoms with E-state index in [0.717, 1.165) is 25.4 Å². The first kappa shape index (κ1) is 14.6. The van der Waals surface area contributed by atoms with Crippen molar-refractivity contribution in [3.63, 3.8) is 0 Å². The third-order valence-electron chi connectivity index (χ3n) is 2.81. The lowest BCUT2D eigenvalue weighted by Crippen LogP contribution is -2.34. The fourth-order valence-corrected chi connectivity index (χ4v) is 3.46. The molecule has 1 atom stereocenters. The molecule has 1 aromatic heterocycles. The molecule has 0 saturated heterocycles. The molecular weight excluding hydrogens is 376 g/mol. The molecule has 3 N–H and O–H groups in total. The van der Waals surface area contributed by atoms with Crippen LogP contribution in [-0.2, 0) is 16.0 Å². The summed E-state index contributed by atoms with van der Waals surface area (Å²) in [6.07, 6.45) is 2.32. The zero-order valence-corrected chi connectivity index (χ0v) is 13.5. The van der Waals surface area contributed by atoms with Crippen LogP contribution in [0.3, 0.4) is 0 Å². The summed E-state index contributed by atoms with van der Waals surface area (Å²) in [4.78, 5) is 14.7. The molecular formula is C13H14Br2N2O2. The highest BCUT2D eigenvalue weighted by molar-refractivity contribution is 9.11. The Morgan fingerprint density at radius 3 is 2.89 bits per heavy atom. The van der Waals surface area contributed by atoms with Crippen LogP contribution in [0.2, 0.25) is 0 Å². The van der Waals surface area contributed by atoms with Gasteiger partial charge in [-0.25, -0.2) is 0 Å². The standard InChI is InChI=1S/C13H14Br2N2O2/c1-2-19-13(18)10(16)3-7-6-17-11-5-8(14)4-9(15)12(7)11/h4-6,10,17H,2-3,16H2,1H3/t10-/m0/s1. The van der Waals surface area contributed by atoms with Gasteiger partial charge in [0, 0.05) is 32.5 Å². The van der Waals surface area contributed by atoms with E-state index in [1.54, 1.807) is 6.92 Å². The predicted molar refractivity (Wildman–Crippen MR) is 82.0 cm³/mol. The van der Waals surface area contributed by atoms with Crippen molar-refractivity contribution in [2.45, 2.75) is 19.4 Å². The normalized spacial score (nSPS) is 12.6. The van der Waals surface area contributed by atoms with Crippen LogP contribution in [0, 0.1) is 0 Å². The van der Waals surface area contributed by atoms with Crippen molar-refractivity contribution >= 4 is 48.7 Å². The smallest absolute Gasteiger partial charge is 0.323 e. The van der Waals surface area contributed by atoms with E-state index in [1.165, 1.54) is 0 Å². The number of rotatable bonds is 4. The van der Waals surface area contributed by atoms with Gasteiger partial charge < -0.3 is 15.5 Å². The third-order valence-corrected chi connectivity index (χ3v) is 3.89. The number of hydrogen-bond acceptors (Lipinski definition) is 3. The van der Waals surface area contributed by atoms with Gasteiger partial charge in [-0.05, 0) is 24.6 Å². The van der Waals surface area contributed by atoms with E-state index in [0.29, 0.717) is 13.0 Å². The highest BCUT2D eigenvalue weighted by atomic mass is 79.9. The molecule has 0 aliphatic heterocycles. The van der Waals surface area contributed by atoms with E-state index in [4.69, 9.17) is 10.5 Å². The molecule has 102 valence electrons. The molecule has 4 nitrogen and oxygen atoms in total. The van der Waals surface area contributed by atoms with Gasteiger partial charge in [-0.3, -0.25) is 4.79 Å². The molecule has 0 saturated carbocycles. The Kier molecular flexibility index (Phi) is 4.65. The number of esters is 1. The Bertz CT molecular complexity index is 610. The van der Waals surface area contributed by atoms with Crippen molar-refractivity contribution in [3.05, 3.63) is 32.8 Å². The van der Waals surface area contributed by atoms with Crippen LogP contribution < -0.4 is 5.73 Å². The Morgan fingerprint density at radius 1 is 1.47 bits per heavy atom. The summed E-state index contributed by atoms with van der Waals surface area (Å²) < 4.78 is 6.86. The van der Waals surface area contributed by atoms with Crippen LogP contribution in [0.25, 0.3) is 10.9 Å². The molecule has 19 heavy (non-hydrogen) atoms. The van der Waals surface area contributed by atoms with Crippen molar-refractivity contribution in [3.8, 4) is 0 Å². The number of H-pyrrole nitrogens is 1. The van der Waals surface area contributed by atoms with Crippen molar-refractivity contribution in [2.75, 3.05) is 6.61 Å². The topological polar surface area (TPSA) is 68.1 Å². The first-order chi connectivity index (χ1) is 9.02. The maximum Gasteiger partial charge on any atom is 0.323 e. The fraction of sp³-hybridized carbons (Fsp3) is 0.308. The number of benzene rings is 1. The van der Waals surface area contributed by atoms with E-state index in [-0.39, 0.29) is 5.97 Å². The Labute approximate surface area is 127 Å². The quantitative estimate of drug-likeness (QED) is 0.789. The molecule has 1 aromatic carbocycles. The average Bonchev–Trinajstić information content (AvgIpc) is 2.72. The van der Waals surface area contributed by atoms with Gasteiger partial charge in [0.1, 0.15) is 6.04 Å². The van der Waals surface area contributed by atoms with Crippen LogP contribution in [0.5, 0.6) is 0 Å². The van der Waals surface area contributed by atoms with E-state index in [9.17, 15) is 4.79 Å². The number of nitrogens with one attached hydrogen (secondary N) is 1. The minimum Gasteiger partial charge on any atom is -0.465 e. The highest BCUT2D eigenvalue weighted by Gasteiger charge is 2.18. The van der Waals surface area contributed by atoms with Crippen molar-refractivity contribution in [1.82, 2.24) is 4.98 Å². The summed E-state index contributed by atoms with van der Waals surface area (Å²) in [6, 6.07) is 3.31. The van der Waals surface area contributed by atoms with E-state index >= 15 is 0 Å². The number of ether oxygens (including phenoxy) is 1. The lowest BCUT2D eigenvalue weighted by molar-refractivity contribution is -0.144. The van der Waals surface area contributed by atoms with Gasteiger partial charge in [0.25, 0.3) is 0 Å². The second-order valence-corrected chi connectivity index (χ2v) is 5.96. The summed E-state index contributed by atoms with van der Waals surface area (Å²) in [5, 5.41) is 1.04. The molecule has 6 heteroatoms. The van der Waals surface area contributed by atoms with Crippen LogP contribution in [0.1, 0.15) is 12.5 Å². The molecule has 2 aromatic rings. The average molecular weight is 390 g/mol. The first-order valence-corrected chi connectivity index (χ1v) is 7.48.